The van der Waals surface area contributed by atoms with E-state index in [1.165, 1.54) is 16.7 Å². The maximum atomic E-state index is 6.52. The number of benzene rings is 2. The van der Waals surface area contributed by atoms with Crippen molar-refractivity contribution in [2.75, 3.05) is 25.5 Å². The standard InChI is InChI=1S/C23H30ClN3O/c1-16(2)14-22(27-28-3)19-6-4-17(5-7-19)15-26-23-20-11-13-25-12-10-18(20)8-9-21(23)24/h4-9,16,25-26H,10-15H2,1-3H3/b27-22-. The van der Waals surface area contributed by atoms with Gasteiger partial charge in [0.25, 0.3) is 0 Å². The molecule has 2 N–H and O–H groups in total. The van der Waals surface area contributed by atoms with E-state index in [0.717, 1.165) is 60.9 Å². The number of oxime groups is 1. The molecule has 2 aromatic carbocycles. The monoisotopic (exact) mass is 399 g/mol. The van der Waals surface area contributed by atoms with Crippen LogP contribution >= 0.6 is 11.6 Å². The minimum Gasteiger partial charge on any atom is -0.399 e. The third kappa shape index (κ3) is 5.27. The first-order valence-corrected chi connectivity index (χ1v) is 10.4. The molecule has 1 heterocycles. The number of fused-ring (bicyclic) bond motifs is 1. The largest absolute Gasteiger partial charge is 0.399 e. The van der Waals surface area contributed by atoms with Crippen LogP contribution in [0.1, 0.15) is 42.5 Å². The van der Waals surface area contributed by atoms with Gasteiger partial charge in [0, 0.05) is 6.54 Å². The summed E-state index contributed by atoms with van der Waals surface area (Å²) in [5, 5.41) is 12.0. The summed E-state index contributed by atoms with van der Waals surface area (Å²) in [6.07, 6.45) is 2.95. The molecule has 0 aliphatic carbocycles. The summed E-state index contributed by atoms with van der Waals surface area (Å²) in [5.41, 5.74) is 7.12. The Balaban J connectivity index is 1.73. The van der Waals surface area contributed by atoms with Crippen molar-refractivity contribution in [1.29, 1.82) is 0 Å². The molecule has 1 aliphatic rings. The summed E-state index contributed by atoms with van der Waals surface area (Å²) in [5.74, 6) is 0.528. The van der Waals surface area contributed by atoms with Crippen LogP contribution in [0.4, 0.5) is 5.69 Å². The van der Waals surface area contributed by atoms with Crippen molar-refractivity contribution >= 4 is 23.0 Å². The molecule has 0 unspecified atom stereocenters. The predicted octanol–water partition coefficient (Wildman–Crippen LogP) is 5.04. The molecule has 150 valence electrons. The number of hydrogen-bond acceptors (Lipinski definition) is 4. The second kappa shape index (κ2) is 9.94. The van der Waals surface area contributed by atoms with Crippen LogP contribution in [0.15, 0.2) is 41.6 Å². The molecule has 1 aliphatic heterocycles. The van der Waals surface area contributed by atoms with Gasteiger partial charge in [-0.3, -0.25) is 0 Å². The molecular weight excluding hydrogens is 370 g/mol. The van der Waals surface area contributed by atoms with E-state index in [0.29, 0.717) is 5.92 Å². The van der Waals surface area contributed by atoms with E-state index in [4.69, 9.17) is 16.4 Å². The highest BCUT2D eigenvalue weighted by Crippen LogP contribution is 2.31. The number of nitrogens with one attached hydrogen (secondary N) is 2. The molecule has 0 radical (unpaired) electrons. The van der Waals surface area contributed by atoms with Crippen LogP contribution in [-0.2, 0) is 24.2 Å². The number of halogens is 1. The van der Waals surface area contributed by atoms with Gasteiger partial charge < -0.3 is 15.5 Å². The quantitative estimate of drug-likeness (QED) is 0.506. The minimum absolute atomic E-state index is 0.528. The highest BCUT2D eigenvalue weighted by molar-refractivity contribution is 6.33. The minimum atomic E-state index is 0.528. The second-order valence-electron chi connectivity index (χ2n) is 7.68. The van der Waals surface area contributed by atoms with Crippen molar-refractivity contribution < 1.29 is 4.84 Å². The molecule has 0 fully saturated rings. The van der Waals surface area contributed by atoms with Gasteiger partial charge in [0.05, 0.1) is 16.4 Å². The molecule has 0 saturated heterocycles. The van der Waals surface area contributed by atoms with E-state index >= 15 is 0 Å². The average molecular weight is 400 g/mol. The summed E-state index contributed by atoms with van der Waals surface area (Å²) in [6.45, 7) is 7.13. The molecule has 3 rings (SSSR count). The zero-order chi connectivity index (χ0) is 19.9. The van der Waals surface area contributed by atoms with Crippen molar-refractivity contribution in [1.82, 2.24) is 5.32 Å². The van der Waals surface area contributed by atoms with E-state index < -0.39 is 0 Å². The van der Waals surface area contributed by atoms with Crippen molar-refractivity contribution in [3.05, 3.63) is 63.7 Å². The molecule has 28 heavy (non-hydrogen) atoms. The lowest BCUT2D eigenvalue weighted by atomic mass is 9.99. The Morgan fingerprint density at radius 3 is 2.61 bits per heavy atom. The fraction of sp³-hybridized carbons (Fsp3) is 0.435. The van der Waals surface area contributed by atoms with Crippen LogP contribution in [0.5, 0.6) is 0 Å². The van der Waals surface area contributed by atoms with Crippen LogP contribution < -0.4 is 10.6 Å². The summed E-state index contributed by atoms with van der Waals surface area (Å²) in [7, 11) is 1.60. The Labute approximate surface area is 173 Å². The molecule has 5 heteroatoms. The van der Waals surface area contributed by atoms with Crippen molar-refractivity contribution in [3.63, 3.8) is 0 Å². The summed E-state index contributed by atoms with van der Waals surface area (Å²) in [6, 6.07) is 12.7. The predicted molar refractivity (Wildman–Crippen MR) is 118 cm³/mol. The van der Waals surface area contributed by atoms with E-state index in [1.54, 1.807) is 7.11 Å². The molecule has 0 aromatic heterocycles. The maximum absolute atomic E-state index is 6.52. The zero-order valence-electron chi connectivity index (χ0n) is 17.0. The first kappa shape index (κ1) is 20.7. The normalized spacial score (nSPS) is 14.5. The van der Waals surface area contributed by atoms with Crippen molar-refractivity contribution in [2.24, 2.45) is 11.1 Å². The number of hydrogen-bond donors (Lipinski definition) is 2. The summed E-state index contributed by atoms with van der Waals surface area (Å²) in [4.78, 5) is 5.03. The van der Waals surface area contributed by atoms with Gasteiger partial charge in [-0.1, -0.05) is 60.9 Å². The van der Waals surface area contributed by atoms with Crippen LogP contribution in [0.2, 0.25) is 5.02 Å². The Kier molecular flexibility index (Phi) is 7.35. The average Bonchev–Trinajstić information content (AvgIpc) is 2.93. The first-order valence-electron chi connectivity index (χ1n) is 10.0. The van der Waals surface area contributed by atoms with Crippen molar-refractivity contribution in [3.8, 4) is 0 Å². The Hall–Kier alpha value is -2.04. The Morgan fingerprint density at radius 1 is 1.14 bits per heavy atom. The van der Waals surface area contributed by atoms with Crippen molar-refractivity contribution in [2.45, 2.75) is 39.7 Å². The fourth-order valence-corrected chi connectivity index (χ4v) is 3.89. The molecule has 2 aromatic rings. The molecule has 0 amide bonds. The highest BCUT2D eigenvalue weighted by Gasteiger charge is 2.15. The van der Waals surface area contributed by atoms with Crippen LogP contribution in [0.25, 0.3) is 0 Å². The second-order valence-corrected chi connectivity index (χ2v) is 8.09. The third-order valence-electron chi connectivity index (χ3n) is 5.04. The summed E-state index contributed by atoms with van der Waals surface area (Å²) < 4.78 is 0. The Bertz CT molecular complexity index is 815. The van der Waals surface area contributed by atoms with Gasteiger partial charge in [0.1, 0.15) is 7.11 Å². The van der Waals surface area contributed by atoms with E-state index in [2.05, 4.69) is 60.0 Å². The van der Waals surface area contributed by atoms with Gasteiger partial charge in [0.2, 0.25) is 0 Å². The van der Waals surface area contributed by atoms with E-state index in [9.17, 15) is 0 Å². The van der Waals surface area contributed by atoms with Gasteiger partial charge in [-0.25, -0.2) is 0 Å². The number of anilines is 1. The van der Waals surface area contributed by atoms with Crippen LogP contribution in [0, 0.1) is 5.92 Å². The molecule has 0 atom stereocenters. The van der Waals surface area contributed by atoms with Gasteiger partial charge in [0.15, 0.2) is 0 Å². The van der Waals surface area contributed by atoms with E-state index in [-0.39, 0.29) is 0 Å². The van der Waals surface area contributed by atoms with Gasteiger partial charge in [-0.2, -0.15) is 0 Å². The SMILES string of the molecule is CO/N=C(/CC(C)C)c1ccc(CNc2c(Cl)ccc3c2CCNCC3)cc1. The maximum Gasteiger partial charge on any atom is 0.106 e. The highest BCUT2D eigenvalue weighted by atomic mass is 35.5. The van der Waals surface area contributed by atoms with Crippen LogP contribution in [-0.4, -0.2) is 25.9 Å². The molecule has 4 nitrogen and oxygen atoms in total. The number of rotatable bonds is 7. The lowest BCUT2D eigenvalue weighted by Gasteiger charge is -2.16. The number of nitrogens with zero attached hydrogens (tertiary/aromatic N) is 1. The molecule has 0 spiro atoms. The van der Waals surface area contributed by atoms with Gasteiger partial charge in [-0.15, -0.1) is 0 Å². The third-order valence-corrected chi connectivity index (χ3v) is 5.36. The van der Waals surface area contributed by atoms with Crippen LogP contribution in [0.3, 0.4) is 0 Å². The van der Waals surface area contributed by atoms with Gasteiger partial charge in [-0.05, 0) is 66.6 Å². The molecular formula is C23H30ClN3O. The Morgan fingerprint density at radius 2 is 1.89 bits per heavy atom. The lowest BCUT2D eigenvalue weighted by Crippen LogP contribution is -2.16. The topological polar surface area (TPSA) is 45.6 Å². The molecule has 0 bridgehead atoms. The van der Waals surface area contributed by atoms with Gasteiger partial charge >= 0.3 is 0 Å². The first-order chi connectivity index (χ1) is 13.6. The lowest BCUT2D eigenvalue weighted by molar-refractivity contribution is 0.212. The fourth-order valence-electron chi connectivity index (χ4n) is 3.64. The van der Waals surface area contributed by atoms with E-state index in [1.807, 2.05) is 6.07 Å². The molecule has 0 saturated carbocycles. The summed E-state index contributed by atoms with van der Waals surface area (Å²) >= 11 is 6.52. The zero-order valence-corrected chi connectivity index (χ0v) is 17.8. The smallest absolute Gasteiger partial charge is 0.106 e.